The number of carbonyl (C=O) groups is 1. The molecule has 1 aliphatic rings. The lowest BCUT2D eigenvalue weighted by molar-refractivity contribution is -0.141. The maximum atomic E-state index is 13.1. The molecule has 0 bridgehead atoms. The molecule has 1 fully saturated rings. The SMILES string of the molecule is COc1ccc(N(Cc2cnccc2C)C2CCN([C@H](C)CCNC(=O)c3c(C)cc(C(F)(F)F)nc3C)CC2)cc1. The predicted octanol–water partition coefficient (Wildman–Crippen LogP) is 6.11. The second-order valence-corrected chi connectivity index (χ2v) is 11.1. The van der Waals surface area contributed by atoms with E-state index in [9.17, 15) is 18.0 Å². The Hall–Kier alpha value is -3.66. The van der Waals surface area contributed by atoms with Crippen molar-refractivity contribution in [2.45, 2.75) is 71.8 Å². The van der Waals surface area contributed by atoms with Crippen molar-refractivity contribution in [3.63, 3.8) is 0 Å². The Kier molecular flexibility index (Phi) is 10.1. The summed E-state index contributed by atoms with van der Waals surface area (Å²) in [6.07, 6.45) is 1.95. The monoisotopic (exact) mass is 583 g/mol. The third kappa shape index (κ3) is 7.59. The number of alkyl halides is 3. The van der Waals surface area contributed by atoms with Gasteiger partial charge < -0.3 is 19.9 Å². The summed E-state index contributed by atoms with van der Waals surface area (Å²) in [6.45, 7) is 10.3. The largest absolute Gasteiger partial charge is 0.497 e. The van der Waals surface area contributed by atoms with Gasteiger partial charge in [-0.2, -0.15) is 13.2 Å². The molecule has 0 aliphatic carbocycles. The van der Waals surface area contributed by atoms with Gasteiger partial charge in [-0.25, -0.2) is 4.98 Å². The Balaban J connectivity index is 1.34. The van der Waals surface area contributed by atoms with Crippen LogP contribution in [0.5, 0.6) is 5.75 Å². The van der Waals surface area contributed by atoms with Crippen molar-refractivity contribution in [2.75, 3.05) is 31.6 Å². The highest BCUT2D eigenvalue weighted by molar-refractivity contribution is 5.96. The maximum absolute atomic E-state index is 13.1. The third-order valence-corrected chi connectivity index (χ3v) is 8.22. The van der Waals surface area contributed by atoms with Crippen LogP contribution < -0.4 is 15.0 Å². The van der Waals surface area contributed by atoms with Crippen LogP contribution in [0.25, 0.3) is 0 Å². The van der Waals surface area contributed by atoms with E-state index in [2.05, 4.69) is 51.1 Å². The minimum Gasteiger partial charge on any atom is -0.497 e. The number of benzene rings is 1. The summed E-state index contributed by atoms with van der Waals surface area (Å²) in [5.41, 5.74) is 3.15. The molecular weight excluding hydrogens is 543 g/mol. The van der Waals surface area contributed by atoms with Crippen molar-refractivity contribution < 1.29 is 22.7 Å². The zero-order chi connectivity index (χ0) is 30.4. The van der Waals surface area contributed by atoms with Crippen LogP contribution >= 0.6 is 0 Å². The summed E-state index contributed by atoms with van der Waals surface area (Å²) in [4.78, 5) is 25.7. The fourth-order valence-corrected chi connectivity index (χ4v) is 5.67. The molecule has 7 nitrogen and oxygen atoms in total. The smallest absolute Gasteiger partial charge is 0.433 e. The van der Waals surface area contributed by atoms with E-state index >= 15 is 0 Å². The number of hydrogen-bond donors (Lipinski definition) is 1. The van der Waals surface area contributed by atoms with E-state index in [0.717, 1.165) is 56.4 Å². The molecule has 1 aromatic carbocycles. The number of aromatic nitrogens is 2. The number of amides is 1. The lowest BCUT2D eigenvalue weighted by Gasteiger charge is -2.42. The zero-order valence-electron chi connectivity index (χ0n) is 25.0. The number of likely N-dealkylation sites (tertiary alicyclic amines) is 1. The van der Waals surface area contributed by atoms with E-state index in [1.54, 1.807) is 7.11 Å². The molecule has 1 atom stereocenters. The van der Waals surface area contributed by atoms with Crippen LogP contribution in [0, 0.1) is 20.8 Å². The Labute approximate surface area is 246 Å². The Morgan fingerprint density at radius 3 is 2.40 bits per heavy atom. The molecular formula is C32H40F3N5O2. The molecule has 1 N–H and O–H groups in total. The lowest BCUT2D eigenvalue weighted by atomic mass is 9.99. The number of carbonyl (C=O) groups excluding carboxylic acids is 1. The Bertz CT molecular complexity index is 1330. The molecule has 2 aromatic heterocycles. The number of ether oxygens (including phenoxy) is 1. The number of nitrogens with zero attached hydrogens (tertiary/aromatic N) is 4. The number of halogens is 3. The van der Waals surface area contributed by atoms with Crippen LogP contribution in [0.4, 0.5) is 18.9 Å². The summed E-state index contributed by atoms with van der Waals surface area (Å²) in [5.74, 6) is 0.435. The number of nitrogens with one attached hydrogen (secondary N) is 1. The first-order chi connectivity index (χ1) is 20.0. The van der Waals surface area contributed by atoms with Gasteiger partial charge in [0.15, 0.2) is 0 Å². The first-order valence-corrected chi connectivity index (χ1v) is 14.4. The first kappa shape index (κ1) is 31.3. The standard InChI is InChI=1S/C32H40F3N5O2/c1-21-10-14-36-19-25(21)20-40(26-6-8-28(42-5)9-7-26)27-12-16-39(17-13-27)23(3)11-15-37-31(41)30-22(2)18-29(32(33,34)35)38-24(30)4/h6-10,14,18-19,23,27H,11-13,15-17,20H2,1-5H3,(H,37,41)/t23-/m1/s1. The van der Waals surface area contributed by atoms with E-state index in [-0.39, 0.29) is 22.9 Å². The summed E-state index contributed by atoms with van der Waals surface area (Å²) in [5, 5.41) is 2.89. The van der Waals surface area contributed by atoms with E-state index in [4.69, 9.17) is 4.74 Å². The Morgan fingerprint density at radius 2 is 1.81 bits per heavy atom. The highest BCUT2D eigenvalue weighted by atomic mass is 19.4. The lowest BCUT2D eigenvalue weighted by Crippen LogP contribution is -2.48. The fraction of sp³-hybridized carbons (Fsp3) is 0.469. The first-order valence-electron chi connectivity index (χ1n) is 14.4. The Morgan fingerprint density at radius 1 is 1.12 bits per heavy atom. The molecule has 0 radical (unpaired) electrons. The van der Waals surface area contributed by atoms with Crippen LogP contribution in [-0.2, 0) is 12.7 Å². The van der Waals surface area contributed by atoms with E-state index in [0.29, 0.717) is 12.6 Å². The minimum absolute atomic E-state index is 0.0813. The summed E-state index contributed by atoms with van der Waals surface area (Å²) in [6, 6.07) is 11.8. The van der Waals surface area contributed by atoms with Crippen molar-refractivity contribution in [1.82, 2.24) is 20.2 Å². The molecule has 0 saturated carbocycles. The number of piperidine rings is 1. The fourth-order valence-electron chi connectivity index (χ4n) is 5.67. The number of aryl methyl sites for hydroxylation is 3. The molecule has 1 aliphatic heterocycles. The van der Waals surface area contributed by atoms with Gasteiger partial charge in [0.25, 0.3) is 5.91 Å². The number of methoxy groups -OCH3 is 1. The van der Waals surface area contributed by atoms with Gasteiger partial charge in [0.05, 0.1) is 18.4 Å². The highest BCUT2D eigenvalue weighted by Crippen LogP contribution is 2.30. The van der Waals surface area contributed by atoms with Crippen LogP contribution in [0.1, 0.15) is 64.6 Å². The molecule has 0 unspecified atom stereocenters. The number of anilines is 1. The van der Waals surface area contributed by atoms with Gasteiger partial charge in [0.1, 0.15) is 11.4 Å². The average molecular weight is 584 g/mol. The van der Waals surface area contributed by atoms with E-state index in [1.807, 2.05) is 30.6 Å². The van der Waals surface area contributed by atoms with Gasteiger partial charge in [0.2, 0.25) is 0 Å². The number of rotatable bonds is 10. The molecule has 10 heteroatoms. The second-order valence-electron chi connectivity index (χ2n) is 11.1. The average Bonchev–Trinajstić information content (AvgIpc) is 2.96. The van der Waals surface area contributed by atoms with Crippen molar-refractivity contribution in [3.05, 3.63) is 82.4 Å². The number of hydrogen-bond acceptors (Lipinski definition) is 6. The molecule has 0 spiro atoms. The van der Waals surface area contributed by atoms with E-state index in [1.165, 1.54) is 25.0 Å². The normalized spacial score (nSPS) is 15.3. The molecule has 1 amide bonds. The van der Waals surface area contributed by atoms with Gasteiger partial charge in [-0.3, -0.25) is 9.78 Å². The molecule has 42 heavy (non-hydrogen) atoms. The van der Waals surface area contributed by atoms with Crippen LogP contribution in [0.2, 0.25) is 0 Å². The minimum atomic E-state index is -4.54. The molecule has 226 valence electrons. The van der Waals surface area contributed by atoms with Gasteiger partial charge in [0, 0.05) is 56.3 Å². The third-order valence-electron chi connectivity index (χ3n) is 8.22. The van der Waals surface area contributed by atoms with Gasteiger partial charge in [-0.1, -0.05) is 0 Å². The summed E-state index contributed by atoms with van der Waals surface area (Å²) in [7, 11) is 1.67. The molecule has 1 saturated heterocycles. The van der Waals surface area contributed by atoms with Crippen molar-refractivity contribution in [3.8, 4) is 5.75 Å². The zero-order valence-corrected chi connectivity index (χ0v) is 25.0. The molecule has 3 heterocycles. The van der Waals surface area contributed by atoms with Gasteiger partial charge in [-0.05, 0) is 100 Å². The second kappa shape index (κ2) is 13.5. The van der Waals surface area contributed by atoms with Crippen molar-refractivity contribution in [2.24, 2.45) is 0 Å². The van der Waals surface area contributed by atoms with Gasteiger partial charge in [-0.15, -0.1) is 0 Å². The molecule has 4 rings (SSSR count). The number of pyridine rings is 2. The predicted molar refractivity (Wildman–Crippen MR) is 158 cm³/mol. The summed E-state index contributed by atoms with van der Waals surface area (Å²) >= 11 is 0. The van der Waals surface area contributed by atoms with Crippen molar-refractivity contribution >= 4 is 11.6 Å². The van der Waals surface area contributed by atoms with Gasteiger partial charge >= 0.3 is 6.18 Å². The highest BCUT2D eigenvalue weighted by Gasteiger charge is 2.34. The summed E-state index contributed by atoms with van der Waals surface area (Å²) < 4.78 is 44.6. The molecule has 3 aromatic rings. The van der Waals surface area contributed by atoms with Crippen LogP contribution in [0.15, 0.2) is 48.8 Å². The van der Waals surface area contributed by atoms with Crippen molar-refractivity contribution in [1.29, 1.82) is 0 Å². The van der Waals surface area contributed by atoms with E-state index < -0.39 is 17.8 Å². The topological polar surface area (TPSA) is 70.6 Å². The maximum Gasteiger partial charge on any atom is 0.433 e. The quantitative estimate of drug-likeness (QED) is 0.311. The van der Waals surface area contributed by atoms with Crippen LogP contribution in [-0.4, -0.2) is 59.6 Å². The van der Waals surface area contributed by atoms with Crippen LogP contribution in [0.3, 0.4) is 0 Å².